The van der Waals surface area contributed by atoms with Crippen LogP contribution in [0, 0.1) is 0 Å². The van der Waals surface area contributed by atoms with Crippen molar-refractivity contribution in [2.45, 2.75) is 24.8 Å². The molecule has 2 atom stereocenters. The average molecular weight is 310 g/mol. The third-order valence-corrected chi connectivity index (χ3v) is 4.90. The summed E-state index contributed by atoms with van der Waals surface area (Å²) >= 11 is 1.48. The first-order valence-corrected chi connectivity index (χ1v) is 7.65. The summed E-state index contributed by atoms with van der Waals surface area (Å²) in [6.45, 7) is 1.93. The molecule has 0 aromatic heterocycles. The van der Waals surface area contributed by atoms with E-state index in [0.717, 1.165) is 0 Å². The number of hydrogen-bond donors (Lipinski definition) is 2. The molecular weight excluding hydrogens is 292 g/mol. The highest BCUT2D eigenvalue weighted by Gasteiger charge is 2.41. The monoisotopic (exact) mass is 310 g/mol. The van der Waals surface area contributed by atoms with Crippen LogP contribution in [0.25, 0.3) is 0 Å². The fourth-order valence-electron chi connectivity index (χ4n) is 2.34. The quantitative estimate of drug-likeness (QED) is 0.822. The van der Waals surface area contributed by atoms with Crippen LogP contribution >= 0.6 is 11.8 Å². The van der Waals surface area contributed by atoms with E-state index in [1.807, 2.05) is 6.92 Å². The topological polar surface area (TPSA) is 92.9 Å². The smallest absolute Gasteiger partial charge is 0.327 e. The molecule has 0 bridgehead atoms. The molecule has 1 heterocycles. The lowest BCUT2D eigenvalue weighted by Gasteiger charge is -2.27. The van der Waals surface area contributed by atoms with Crippen LogP contribution in [-0.2, 0) is 4.79 Å². The van der Waals surface area contributed by atoms with Crippen LogP contribution in [0.5, 0.6) is 5.75 Å². The highest BCUT2D eigenvalue weighted by molar-refractivity contribution is 8.00. The Morgan fingerprint density at radius 1 is 1.52 bits per heavy atom. The van der Waals surface area contributed by atoms with Crippen LogP contribution in [-0.4, -0.2) is 46.2 Å². The van der Waals surface area contributed by atoms with Crippen molar-refractivity contribution in [3.05, 3.63) is 23.8 Å². The number of thioether (sulfide) groups is 1. The average Bonchev–Trinajstić information content (AvgIpc) is 2.90. The molecule has 114 valence electrons. The van der Waals surface area contributed by atoms with Gasteiger partial charge in [0.15, 0.2) is 0 Å². The number of carbonyl (C=O) groups is 2. The molecule has 21 heavy (non-hydrogen) atoms. The van der Waals surface area contributed by atoms with Crippen LogP contribution in [0.15, 0.2) is 18.2 Å². The first-order valence-electron chi connectivity index (χ1n) is 6.60. The van der Waals surface area contributed by atoms with Crippen LogP contribution in [0.1, 0.15) is 23.7 Å². The molecule has 1 aromatic rings. The molecule has 3 N–H and O–H groups in total. The molecule has 1 aliphatic rings. The number of carboxylic acids is 1. The van der Waals surface area contributed by atoms with Gasteiger partial charge in [0.1, 0.15) is 11.8 Å². The first-order chi connectivity index (χ1) is 9.99. The van der Waals surface area contributed by atoms with Gasteiger partial charge < -0.3 is 20.5 Å². The molecule has 1 fully saturated rings. The van der Waals surface area contributed by atoms with Gasteiger partial charge in [0.25, 0.3) is 5.91 Å². The zero-order valence-electron chi connectivity index (χ0n) is 11.9. The van der Waals surface area contributed by atoms with Crippen LogP contribution < -0.4 is 10.5 Å². The standard InChI is InChI=1S/C14H18N2O4S/c1-3-12-16(11(7-21-12)14(18)19)13(17)9-5-4-8(20-2)6-10(9)15/h4-6,11-12H,3,7,15H2,1-2H3,(H,18,19). The van der Waals surface area contributed by atoms with Gasteiger partial charge in [0.2, 0.25) is 0 Å². The van der Waals surface area contributed by atoms with Gasteiger partial charge in [-0.25, -0.2) is 4.79 Å². The summed E-state index contributed by atoms with van der Waals surface area (Å²) in [7, 11) is 1.51. The Bertz CT molecular complexity index is 564. The third-order valence-electron chi connectivity index (χ3n) is 3.45. The summed E-state index contributed by atoms with van der Waals surface area (Å²) in [6.07, 6.45) is 0.691. The van der Waals surface area contributed by atoms with Crippen molar-refractivity contribution in [2.75, 3.05) is 18.6 Å². The lowest BCUT2D eigenvalue weighted by Crippen LogP contribution is -2.45. The van der Waals surface area contributed by atoms with E-state index in [1.165, 1.54) is 23.8 Å². The number of nitrogens with two attached hydrogens (primary N) is 1. The Labute approximate surface area is 127 Å². The molecule has 2 unspecified atom stereocenters. The minimum atomic E-state index is -0.987. The minimum absolute atomic E-state index is 0.139. The maximum absolute atomic E-state index is 12.7. The molecule has 1 saturated heterocycles. The Morgan fingerprint density at radius 3 is 2.76 bits per heavy atom. The molecule has 7 heteroatoms. The fourth-order valence-corrected chi connectivity index (χ4v) is 3.69. The zero-order valence-corrected chi connectivity index (χ0v) is 12.7. The summed E-state index contributed by atoms with van der Waals surface area (Å²) in [4.78, 5) is 25.4. The molecule has 0 spiro atoms. The second-order valence-corrected chi connectivity index (χ2v) is 5.93. The van der Waals surface area contributed by atoms with Gasteiger partial charge in [0.05, 0.1) is 18.0 Å². The first kappa shape index (κ1) is 15.5. The van der Waals surface area contributed by atoms with E-state index in [4.69, 9.17) is 10.5 Å². The Morgan fingerprint density at radius 2 is 2.24 bits per heavy atom. The number of methoxy groups -OCH3 is 1. The molecule has 2 rings (SSSR count). The number of rotatable bonds is 4. The van der Waals surface area contributed by atoms with Crippen molar-refractivity contribution < 1.29 is 19.4 Å². The fraction of sp³-hybridized carbons (Fsp3) is 0.429. The van der Waals surface area contributed by atoms with Crippen LogP contribution in [0.3, 0.4) is 0 Å². The van der Waals surface area contributed by atoms with E-state index in [0.29, 0.717) is 23.5 Å². The molecule has 1 aromatic carbocycles. The number of amides is 1. The van der Waals surface area contributed by atoms with Crippen molar-refractivity contribution in [3.63, 3.8) is 0 Å². The van der Waals surface area contributed by atoms with Crippen molar-refractivity contribution >= 4 is 29.3 Å². The summed E-state index contributed by atoms with van der Waals surface area (Å²) in [5.74, 6) is -0.379. The number of ether oxygens (including phenoxy) is 1. The van der Waals surface area contributed by atoms with Crippen molar-refractivity contribution in [1.82, 2.24) is 4.90 Å². The Balaban J connectivity index is 2.34. The maximum atomic E-state index is 12.7. The molecule has 1 amide bonds. The number of benzene rings is 1. The maximum Gasteiger partial charge on any atom is 0.327 e. The molecule has 0 radical (unpaired) electrons. The minimum Gasteiger partial charge on any atom is -0.497 e. The number of anilines is 1. The number of carbonyl (C=O) groups excluding carboxylic acids is 1. The molecular formula is C14H18N2O4S. The van der Waals surface area contributed by atoms with E-state index in [2.05, 4.69) is 0 Å². The lowest BCUT2D eigenvalue weighted by atomic mass is 10.1. The van der Waals surface area contributed by atoms with Gasteiger partial charge in [-0.05, 0) is 18.6 Å². The molecule has 0 saturated carbocycles. The summed E-state index contributed by atoms with van der Waals surface area (Å²) < 4.78 is 5.05. The highest BCUT2D eigenvalue weighted by Crippen LogP contribution is 2.34. The van der Waals surface area contributed by atoms with Gasteiger partial charge in [-0.1, -0.05) is 6.92 Å². The van der Waals surface area contributed by atoms with Crippen molar-refractivity contribution in [1.29, 1.82) is 0 Å². The van der Waals surface area contributed by atoms with Gasteiger partial charge in [-0.3, -0.25) is 4.79 Å². The Hall–Kier alpha value is -1.89. The van der Waals surface area contributed by atoms with E-state index < -0.39 is 12.0 Å². The van der Waals surface area contributed by atoms with Gasteiger partial charge in [0, 0.05) is 17.5 Å². The molecule has 1 aliphatic heterocycles. The van der Waals surface area contributed by atoms with Crippen LogP contribution in [0.4, 0.5) is 5.69 Å². The van der Waals surface area contributed by atoms with Gasteiger partial charge in [-0.2, -0.15) is 0 Å². The zero-order chi connectivity index (χ0) is 15.6. The number of nitrogens with zero attached hydrogens (tertiary/aromatic N) is 1. The summed E-state index contributed by atoms with van der Waals surface area (Å²) in [5, 5.41) is 9.15. The van der Waals surface area contributed by atoms with Gasteiger partial charge >= 0.3 is 5.97 Å². The Kier molecular flexibility index (Phi) is 4.62. The normalized spacial score (nSPS) is 21.3. The highest BCUT2D eigenvalue weighted by atomic mass is 32.2. The SMILES string of the molecule is CCC1SCC(C(=O)O)N1C(=O)c1ccc(OC)cc1N. The van der Waals surface area contributed by atoms with E-state index in [1.54, 1.807) is 18.2 Å². The predicted molar refractivity (Wildman–Crippen MR) is 81.5 cm³/mol. The number of hydrogen-bond acceptors (Lipinski definition) is 5. The van der Waals surface area contributed by atoms with Crippen molar-refractivity contribution in [3.8, 4) is 5.75 Å². The van der Waals surface area contributed by atoms with Gasteiger partial charge in [-0.15, -0.1) is 11.8 Å². The summed E-state index contributed by atoms with van der Waals surface area (Å²) in [6, 6.07) is 3.97. The third kappa shape index (κ3) is 2.92. The second-order valence-electron chi connectivity index (χ2n) is 4.72. The van der Waals surface area contributed by atoms with Crippen molar-refractivity contribution in [2.24, 2.45) is 0 Å². The largest absolute Gasteiger partial charge is 0.497 e. The number of carboxylic acid groups (broad SMARTS) is 1. The van der Waals surface area contributed by atoms with E-state index in [-0.39, 0.29) is 17.0 Å². The second kappa shape index (κ2) is 6.26. The number of nitrogen functional groups attached to an aromatic ring is 1. The molecule has 0 aliphatic carbocycles. The molecule has 6 nitrogen and oxygen atoms in total. The number of aliphatic carboxylic acids is 1. The summed E-state index contributed by atoms with van der Waals surface area (Å²) in [5.41, 5.74) is 6.49. The lowest BCUT2D eigenvalue weighted by molar-refractivity contribution is -0.141. The van der Waals surface area contributed by atoms with E-state index >= 15 is 0 Å². The van der Waals surface area contributed by atoms with Crippen LogP contribution in [0.2, 0.25) is 0 Å². The predicted octanol–water partition coefficient (Wildman–Crippen LogP) is 1.66. The van der Waals surface area contributed by atoms with E-state index in [9.17, 15) is 14.7 Å².